The number of aliphatic hydroxyl groups excluding tert-OH is 1. The van der Waals surface area contributed by atoms with E-state index in [0.29, 0.717) is 6.54 Å². The smallest absolute Gasteiger partial charge is 0.332 e. The van der Waals surface area contributed by atoms with Gasteiger partial charge in [-0.2, -0.15) is 4.99 Å². The third-order valence-corrected chi connectivity index (χ3v) is 4.59. The molecule has 3 rings (SSSR count). The molecule has 0 radical (unpaired) electrons. The molecule has 0 saturated carbocycles. The minimum Gasteiger partial charge on any atom is -0.484 e. The molecule has 2 atom stereocenters. The van der Waals surface area contributed by atoms with Crippen molar-refractivity contribution in [3.05, 3.63) is 44.9 Å². The first-order chi connectivity index (χ1) is 12.5. The highest BCUT2D eigenvalue weighted by Crippen LogP contribution is 2.31. The van der Waals surface area contributed by atoms with Crippen molar-refractivity contribution < 1.29 is 14.2 Å². The molecule has 0 saturated heterocycles. The second kappa shape index (κ2) is 7.28. The molecule has 2 N–H and O–H groups in total. The van der Waals surface area contributed by atoms with Crippen LogP contribution in [0.5, 0.6) is 0 Å². The number of aliphatic imine (C=N–C) groups is 1. The van der Waals surface area contributed by atoms with Gasteiger partial charge >= 0.3 is 5.69 Å². The SMILES string of the molecule is CO/C1=N\c2c(c(=O)n(CCCO)c(=O)n2C)NCC2C=CC(F)=CC12. The molecule has 0 spiro atoms. The highest BCUT2D eigenvalue weighted by Gasteiger charge is 2.31. The van der Waals surface area contributed by atoms with Crippen molar-refractivity contribution in [2.45, 2.75) is 13.0 Å². The molecule has 2 heterocycles. The number of aromatic nitrogens is 2. The minimum atomic E-state index is -0.536. The zero-order valence-electron chi connectivity index (χ0n) is 14.6. The Morgan fingerprint density at radius 3 is 2.92 bits per heavy atom. The van der Waals surface area contributed by atoms with Gasteiger partial charge in [0.2, 0.25) is 0 Å². The summed E-state index contributed by atoms with van der Waals surface area (Å²) in [5.41, 5.74) is -0.859. The molecule has 2 aliphatic rings. The van der Waals surface area contributed by atoms with Crippen molar-refractivity contribution in [2.75, 3.05) is 25.6 Å². The molecular weight excluding hydrogens is 343 g/mol. The lowest BCUT2D eigenvalue weighted by atomic mass is 9.87. The number of methoxy groups -OCH3 is 1. The quantitative estimate of drug-likeness (QED) is 0.822. The monoisotopic (exact) mass is 364 g/mol. The average Bonchev–Trinajstić information content (AvgIpc) is 2.62. The largest absolute Gasteiger partial charge is 0.484 e. The zero-order valence-corrected chi connectivity index (χ0v) is 14.6. The van der Waals surface area contributed by atoms with Gasteiger partial charge in [-0.1, -0.05) is 6.08 Å². The first-order valence-electron chi connectivity index (χ1n) is 8.34. The second-order valence-corrected chi connectivity index (χ2v) is 6.21. The van der Waals surface area contributed by atoms with Crippen LogP contribution in [-0.4, -0.2) is 40.4 Å². The molecule has 9 heteroatoms. The summed E-state index contributed by atoms with van der Waals surface area (Å²) in [6.45, 7) is 0.337. The number of nitrogens with one attached hydrogen (secondary N) is 1. The fourth-order valence-electron chi connectivity index (χ4n) is 3.18. The Kier molecular flexibility index (Phi) is 5.08. The number of aliphatic hydroxyl groups is 1. The molecule has 2 unspecified atom stereocenters. The average molecular weight is 364 g/mol. The minimum absolute atomic E-state index is 0.109. The Balaban J connectivity index is 2.19. The number of hydrogen-bond acceptors (Lipinski definition) is 6. The van der Waals surface area contributed by atoms with E-state index in [0.717, 1.165) is 4.57 Å². The summed E-state index contributed by atoms with van der Waals surface area (Å²) in [7, 11) is 2.93. The summed E-state index contributed by atoms with van der Waals surface area (Å²) >= 11 is 0. The van der Waals surface area contributed by atoms with Gasteiger partial charge in [0.05, 0.1) is 13.0 Å². The highest BCUT2D eigenvalue weighted by atomic mass is 19.1. The van der Waals surface area contributed by atoms with Gasteiger partial charge in [-0.3, -0.25) is 13.9 Å². The molecule has 0 amide bonds. The summed E-state index contributed by atoms with van der Waals surface area (Å²) in [6, 6.07) is 0. The number of ether oxygens (including phenoxy) is 1. The molecule has 0 aromatic carbocycles. The molecule has 1 aromatic rings. The maximum absolute atomic E-state index is 13.7. The van der Waals surface area contributed by atoms with E-state index in [9.17, 15) is 14.0 Å². The number of fused-ring (bicyclic) bond motifs is 2. The number of nitrogens with zero attached hydrogens (tertiary/aromatic N) is 3. The van der Waals surface area contributed by atoms with Crippen LogP contribution in [0, 0.1) is 11.8 Å². The van der Waals surface area contributed by atoms with Gasteiger partial charge in [-0.05, 0) is 18.6 Å². The van der Waals surface area contributed by atoms with E-state index in [1.807, 2.05) is 0 Å². The Bertz CT molecular complexity index is 913. The van der Waals surface area contributed by atoms with Crippen LogP contribution in [0.25, 0.3) is 0 Å². The lowest BCUT2D eigenvalue weighted by molar-refractivity contribution is 0.277. The van der Waals surface area contributed by atoms with E-state index in [2.05, 4.69) is 10.3 Å². The number of halogens is 1. The summed E-state index contributed by atoms with van der Waals surface area (Å²) in [6.07, 6.45) is 4.79. The normalized spacial score (nSPS) is 23.5. The first kappa shape index (κ1) is 18.1. The fourth-order valence-corrected chi connectivity index (χ4v) is 3.18. The Morgan fingerprint density at radius 1 is 1.46 bits per heavy atom. The van der Waals surface area contributed by atoms with Crippen LogP contribution >= 0.6 is 0 Å². The van der Waals surface area contributed by atoms with Gasteiger partial charge in [-0.25, -0.2) is 9.18 Å². The third-order valence-electron chi connectivity index (χ3n) is 4.59. The zero-order chi connectivity index (χ0) is 18.8. The molecule has 0 fully saturated rings. The topological polar surface area (TPSA) is 97.8 Å². The van der Waals surface area contributed by atoms with Crippen molar-refractivity contribution in [3.8, 4) is 0 Å². The van der Waals surface area contributed by atoms with E-state index in [-0.39, 0.29) is 48.7 Å². The van der Waals surface area contributed by atoms with E-state index < -0.39 is 17.2 Å². The van der Waals surface area contributed by atoms with Gasteiger partial charge in [0.15, 0.2) is 11.7 Å². The van der Waals surface area contributed by atoms with E-state index in [1.165, 1.54) is 30.9 Å². The summed E-state index contributed by atoms with van der Waals surface area (Å²) in [5, 5.41) is 12.1. The van der Waals surface area contributed by atoms with Crippen LogP contribution in [-0.2, 0) is 18.3 Å². The maximum Gasteiger partial charge on any atom is 0.332 e. The standard InChI is InChI=1S/C17H21FN4O4/c1-21-14-13(16(24)22(17(21)25)6-3-7-23)19-9-10-4-5-11(18)8-12(10)15(20-14)26-2/h4-5,8,10,12,19,23H,3,6-7,9H2,1-2H3/b20-15-. The van der Waals surface area contributed by atoms with Crippen molar-refractivity contribution in [1.29, 1.82) is 0 Å². The Morgan fingerprint density at radius 2 is 2.23 bits per heavy atom. The number of anilines is 1. The third kappa shape index (κ3) is 3.10. The van der Waals surface area contributed by atoms with Crippen molar-refractivity contribution in [1.82, 2.24) is 9.13 Å². The van der Waals surface area contributed by atoms with Crippen LogP contribution < -0.4 is 16.6 Å². The maximum atomic E-state index is 13.7. The van der Waals surface area contributed by atoms with Crippen molar-refractivity contribution >= 4 is 17.4 Å². The molecule has 1 aliphatic heterocycles. The molecule has 140 valence electrons. The number of hydrogen-bond donors (Lipinski definition) is 2. The number of allylic oxidation sites excluding steroid dienone is 2. The summed E-state index contributed by atoms with van der Waals surface area (Å²) < 4.78 is 21.4. The van der Waals surface area contributed by atoms with Gasteiger partial charge < -0.3 is 15.2 Å². The fraction of sp³-hybridized carbons (Fsp3) is 0.471. The van der Waals surface area contributed by atoms with Gasteiger partial charge in [-0.15, -0.1) is 0 Å². The highest BCUT2D eigenvalue weighted by molar-refractivity contribution is 5.86. The van der Waals surface area contributed by atoms with E-state index in [4.69, 9.17) is 9.84 Å². The Hall–Kier alpha value is -2.68. The first-order valence-corrected chi connectivity index (χ1v) is 8.34. The van der Waals surface area contributed by atoms with E-state index in [1.54, 1.807) is 6.08 Å². The lowest BCUT2D eigenvalue weighted by Gasteiger charge is -2.28. The van der Waals surface area contributed by atoms with Crippen LogP contribution in [0.1, 0.15) is 6.42 Å². The van der Waals surface area contributed by atoms with Crippen molar-refractivity contribution in [2.24, 2.45) is 23.9 Å². The van der Waals surface area contributed by atoms with Gasteiger partial charge in [0, 0.05) is 32.7 Å². The second-order valence-electron chi connectivity index (χ2n) is 6.21. The molecule has 1 aromatic heterocycles. The summed E-state index contributed by atoms with van der Waals surface area (Å²) in [4.78, 5) is 29.7. The van der Waals surface area contributed by atoms with Crippen molar-refractivity contribution in [3.63, 3.8) is 0 Å². The predicted octanol–water partition coefficient (Wildman–Crippen LogP) is 0.687. The molecule has 8 nitrogen and oxygen atoms in total. The van der Waals surface area contributed by atoms with Gasteiger partial charge in [0.1, 0.15) is 11.5 Å². The van der Waals surface area contributed by atoms with Crippen LogP contribution in [0.3, 0.4) is 0 Å². The Labute approximate surface area is 148 Å². The number of rotatable bonds is 3. The predicted molar refractivity (Wildman–Crippen MR) is 95.6 cm³/mol. The molecule has 26 heavy (non-hydrogen) atoms. The lowest BCUT2D eigenvalue weighted by Crippen LogP contribution is -2.42. The van der Waals surface area contributed by atoms with Crippen LogP contribution in [0.4, 0.5) is 15.9 Å². The van der Waals surface area contributed by atoms with Crippen LogP contribution in [0.15, 0.2) is 38.6 Å². The molecular formula is C17H21FN4O4. The molecule has 1 aliphatic carbocycles. The molecule has 0 bridgehead atoms. The summed E-state index contributed by atoms with van der Waals surface area (Å²) in [5.74, 6) is -0.592. The van der Waals surface area contributed by atoms with Gasteiger partial charge in [0.25, 0.3) is 5.56 Å². The van der Waals surface area contributed by atoms with E-state index >= 15 is 0 Å². The van der Waals surface area contributed by atoms with Crippen LogP contribution in [0.2, 0.25) is 0 Å².